The summed E-state index contributed by atoms with van der Waals surface area (Å²) >= 11 is 3.43. The zero-order valence-corrected chi connectivity index (χ0v) is 35.8. The first-order chi connectivity index (χ1) is 29.6. The van der Waals surface area contributed by atoms with Crippen LogP contribution in [0.1, 0.15) is 74.9 Å². The Hall–Kier alpha value is -6.26. The summed E-state index contributed by atoms with van der Waals surface area (Å²) in [5.74, 6) is 1.00. The van der Waals surface area contributed by atoms with Crippen LogP contribution in [0.3, 0.4) is 0 Å². The Bertz CT molecular complexity index is 2770. The molecule has 0 saturated carbocycles. The molecule has 2 fully saturated rings. The number of methoxy groups -OCH3 is 2. The third kappa shape index (κ3) is 7.58. The number of H-pyrrole nitrogens is 2. The molecule has 314 valence electrons. The molecule has 14 nitrogen and oxygen atoms in total. The molecule has 4 N–H and O–H groups in total. The van der Waals surface area contributed by atoms with Gasteiger partial charge in [-0.2, -0.15) is 0 Å². The van der Waals surface area contributed by atoms with Crippen molar-refractivity contribution in [3.8, 4) is 22.3 Å². The topological polar surface area (TPSA) is 175 Å². The Balaban J connectivity index is 0.950. The van der Waals surface area contributed by atoms with E-state index in [2.05, 4.69) is 55.6 Å². The summed E-state index contributed by atoms with van der Waals surface area (Å²) in [5.41, 5.74) is 8.54. The number of likely N-dealkylation sites (tertiary alicyclic amines) is 2. The van der Waals surface area contributed by atoms with E-state index in [1.165, 1.54) is 23.6 Å². The van der Waals surface area contributed by atoms with Gasteiger partial charge in [-0.25, -0.2) is 19.6 Å². The minimum Gasteiger partial charge on any atom is -0.453 e. The fraction of sp³-hybridized carbons (Fsp3) is 0.333. The molecule has 2 saturated heterocycles. The zero-order chi connectivity index (χ0) is 42.4. The molecule has 4 aromatic heterocycles. The van der Waals surface area contributed by atoms with Crippen LogP contribution < -0.4 is 10.6 Å². The van der Waals surface area contributed by atoms with Gasteiger partial charge >= 0.3 is 12.2 Å². The number of hydrogen-bond acceptors (Lipinski definition) is 10. The highest BCUT2D eigenvalue weighted by Crippen LogP contribution is 2.45. The molecule has 0 radical (unpaired) electrons. The molecule has 7 aromatic rings. The summed E-state index contributed by atoms with van der Waals surface area (Å²) in [4.78, 5) is 72.7. The van der Waals surface area contributed by atoms with Gasteiger partial charge in [0.15, 0.2) is 0 Å². The largest absolute Gasteiger partial charge is 0.453 e. The van der Waals surface area contributed by atoms with Crippen LogP contribution in [0.25, 0.3) is 53.7 Å². The molecular weight excluding hydrogens is 813 g/mol. The lowest BCUT2D eigenvalue weighted by atomic mass is 10.0. The summed E-state index contributed by atoms with van der Waals surface area (Å²) in [7, 11) is 2.58. The van der Waals surface area contributed by atoms with Crippen molar-refractivity contribution in [1.82, 2.24) is 40.4 Å². The van der Waals surface area contributed by atoms with E-state index >= 15 is 0 Å². The van der Waals surface area contributed by atoms with Gasteiger partial charge in [0.05, 0.1) is 57.8 Å². The van der Waals surface area contributed by atoms with Crippen LogP contribution in [0.5, 0.6) is 0 Å². The second kappa shape index (κ2) is 16.7. The van der Waals surface area contributed by atoms with Gasteiger partial charge in [-0.3, -0.25) is 9.59 Å². The fourth-order valence-corrected chi connectivity index (χ4v) is 11.2. The Morgan fingerprint density at radius 2 is 1.21 bits per heavy atom. The molecule has 61 heavy (non-hydrogen) atoms. The number of hydrogen-bond donors (Lipinski definition) is 4. The lowest BCUT2D eigenvalue weighted by molar-refractivity contribution is -0.135. The number of amides is 4. The molecule has 16 heteroatoms. The molecule has 4 atom stereocenters. The van der Waals surface area contributed by atoms with Crippen molar-refractivity contribution in [3.05, 3.63) is 94.7 Å². The number of rotatable bonds is 10. The Morgan fingerprint density at radius 1 is 0.705 bits per heavy atom. The van der Waals surface area contributed by atoms with Gasteiger partial charge in [-0.05, 0) is 72.6 Å². The van der Waals surface area contributed by atoms with Gasteiger partial charge < -0.3 is 39.9 Å². The van der Waals surface area contributed by atoms with Crippen molar-refractivity contribution in [1.29, 1.82) is 0 Å². The van der Waals surface area contributed by atoms with Crippen LogP contribution in [-0.2, 0) is 19.1 Å². The summed E-state index contributed by atoms with van der Waals surface area (Å²) in [6.45, 7) is 4.96. The van der Waals surface area contributed by atoms with Gasteiger partial charge in [-0.15, -0.1) is 22.7 Å². The summed E-state index contributed by atoms with van der Waals surface area (Å²) < 4.78 is 12.0. The minimum atomic E-state index is -0.886. The van der Waals surface area contributed by atoms with E-state index in [1.54, 1.807) is 22.7 Å². The van der Waals surface area contributed by atoms with Crippen LogP contribution in [0.4, 0.5) is 9.59 Å². The first kappa shape index (κ1) is 40.2. The number of benzene rings is 3. The third-order valence-corrected chi connectivity index (χ3v) is 14.0. The van der Waals surface area contributed by atoms with E-state index in [1.807, 2.05) is 66.1 Å². The van der Waals surface area contributed by atoms with Crippen LogP contribution in [0, 0.1) is 5.92 Å². The number of imidazole rings is 2. The van der Waals surface area contributed by atoms with Gasteiger partial charge in [0, 0.05) is 35.0 Å². The lowest BCUT2D eigenvalue weighted by Gasteiger charge is -2.29. The molecule has 2 aliphatic heterocycles. The number of ether oxygens (including phenoxy) is 2. The van der Waals surface area contributed by atoms with E-state index in [4.69, 9.17) is 19.4 Å². The number of alkyl carbamates (subject to hydrolysis) is 2. The zero-order valence-electron chi connectivity index (χ0n) is 34.2. The highest BCUT2D eigenvalue weighted by molar-refractivity contribution is 7.27. The fourth-order valence-electron chi connectivity index (χ4n) is 8.71. The van der Waals surface area contributed by atoms with Crippen molar-refractivity contribution in [3.63, 3.8) is 0 Å². The molecule has 3 aromatic carbocycles. The molecule has 0 unspecified atom stereocenters. The first-order valence-electron chi connectivity index (χ1n) is 20.5. The lowest BCUT2D eigenvalue weighted by Crippen LogP contribution is -2.51. The number of aromatic amines is 2. The number of aromatic nitrogens is 4. The van der Waals surface area contributed by atoms with Crippen molar-refractivity contribution in [2.24, 2.45) is 5.92 Å². The first-order valence-corrected chi connectivity index (χ1v) is 22.2. The number of thiophene rings is 2. The summed E-state index contributed by atoms with van der Waals surface area (Å²) in [6.07, 6.45) is 1.90. The van der Waals surface area contributed by atoms with E-state index in [0.717, 1.165) is 81.7 Å². The van der Waals surface area contributed by atoms with Gasteiger partial charge in [0.2, 0.25) is 5.91 Å². The number of carbonyl (C=O) groups excluding carboxylic acids is 4. The quantitative estimate of drug-likeness (QED) is 0.106. The van der Waals surface area contributed by atoms with E-state index in [-0.39, 0.29) is 29.8 Å². The number of carbonyl (C=O) groups is 4. The average molecular weight is 859 g/mol. The monoisotopic (exact) mass is 858 g/mol. The highest BCUT2D eigenvalue weighted by atomic mass is 32.1. The molecule has 6 heterocycles. The molecule has 4 amide bonds. The SMILES string of the molecule is COC(=O)N[C@H](C(=O)N1CCC[C@H]1c1nc2ccc(-c3csc4c(-c5ccc6nc([C@@H]7CCCN7C(=O)[C@H](NC(=O)OC)c7ccccc7)[nH]c6c5)csc34)cc2[nH]1)C(C)C. The predicted octanol–water partition coefficient (Wildman–Crippen LogP) is 8.85. The minimum absolute atomic E-state index is 0.113. The van der Waals surface area contributed by atoms with Gasteiger partial charge in [0.1, 0.15) is 23.7 Å². The molecule has 9 rings (SSSR count). The maximum Gasteiger partial charge on any atom is 0.407 e. The van der Waals surface area contributed by atoms with Crippen LogP contribution in [0.15, 0.2) is 77.5 Å². The van der Waals surface area contributed by atoms with Crippen molar-refractivity contribution in [2.45, 2.75) is 63.7 Å². The summed E-state index contributed by atoms with van der Waals surface area (Å²) in [6, 6.07) is 19.6. The van der Waals surface area contributed by atoms with E-state index < -0.39 is 24.3 Å². The van der Waals surface area contributed by atoms with Crippen LogP contribution >= 0.6 is 22.7 Å². The Labute approximate surface area is 359 Å². The molecular formula is C45H46N8O6S2. The van der Waals surface area contributed by atoms with Crippen molar-refractivity contribution in [2.75, 3.05) is 27.3 Å². The molecule has 0 aliphatic carbocycles. The van der Waals surface area contributed by atoms with Crippen molar-refractivity contribution < 1.29 is 28.7 Å². The maximum absolute atomic E-state index is 14.0. The predicted molar refractivity (Wildman–Crippen MR) is 236 cm³/mol. The third-order valence-electron chi connectivity index (χ3n) is 11.8. The molecule has 2 aliphatic rings. The van der Waals surface area contributed by atoms with E-state index in [9.17, 15) is 19.2 Å². The van der Waals surface area contributed by atoms with Gasteiger partial charge in [0.25, 0.3) is 5.91 Å². The Kier molecular flexibility index (Phi) is 11.0. The maximum atomic E-state index is 14.0. The van der Waals surface area contributed by atoms with Gasteiger partial charge in [-0.1, -0.05) is 56.3 Å². The number of fused-ring (bicyclic) bond motifs is 3. The van der Waals surface area contributed by atoms with Crippen LogP contribution in [0.2, 0.25) is 0 Å². The number of nitrogens with one attached hydrogen (secondary N) is 4. The number of nitrogens with zero attached hydrogens (tertiary/aromatic N) is 4. The van der Waals surface area contributed by atoms with Crippen molar-refractivity contribution >= 4 is 78.1 Å². The second-order valence-corrected chi connectivity index (χ2v) is 17.6. The van der Waals surface area contributed by atoms with Crippen LogP contribution in [-0.4, -0.2) is 87.1 Å². The summed E-state index contributed by atoms with van der Waals surface area (Å²) in [5, 5.41) is 9.86. The smallest absolute Gasteiger partial charge is 0.407 e. The average Bonchev–Trinajstić information content (AvgIpc) is 4.13. The van der Waals surface area contributed by atoms with E-state index in [0.29, 0.717) is 18.7 Å². The second-order valence-electron chi connectivity index (χ2n) is 15.9. The molecule has 0 bridgehead atoms. The highest BCUT2D eigenvalue weighted by Gasteiger charge is 2.39. The Morgan fingerprint density at radius 3 is 1.72 bits per heavy atom. The molecule has 0 spiro atoms. The normalized spacial score (nSPS) is 17.7. The standard InChI is InChI=1S/C45H46N8O6S2/c1-24(2)36(50-44(56)58-3)42(54)52-18-8-12-34(52)40-46-30-16-14-26(20-32(30)48-40)28-22-60-39-29(23-61-38(28)39)27-15-17-31-33(21-27)49-41(47-31)35-13-9-19-53(35)43(55)37(51-45(57)59-4)25-10-6-5-7-11-25/h5-7,10-11,14-17,20-24,34-37H,8-9,12-13,18-19H2,1-4H3,(H,46,48)(H,47,49)(H,50,56)(H,51,57)/t34-,35-,36-,37+/m0/s1.